The average molecular weight is 492 g/mol. The van der Waals surface area contributed by atoms with Gasteiger partial charge < -0.3 is 15.5 Å². The van der Waals surface area contributed by atoms with Crippen molar-refractivity contribution in [3.05, 3.63) is 53.9 Å². The maximum Gasteiger partial charge on any atom is 0.419 e. The van der Waals surface area contributed by atoms with Crippen molar-refractivity contribution in [1.82, 2.24) is 25.0 Å². The molecule has 1 aliphatic rings. The molecule has 0 unspecified atom stereocenters. The molecule has 15 heteroatoms. The minimum atomic E-state index is -4.47. The van der Waals surface area contributed by atoms with Gasteiger partial charge in [-0.25, -0.2) is 19.4 Å². The summed E-state index contributed by atoms with van der Waals surface area (Å²) in [7, 11) is 0. The number of hydrogen-bond acceptors (Lipinski definition) is 8. The predicted molar refractivity (Wildman–Crippen MR) is 115 cm³/mol. The maximum absolute atomic E-state index is 14.2. The summed E-state index contributed by atoms with van der Waals surface area (Å²) in [5.41, 5.74) is -0.0460. The smallest absolute Gasteiger partial charge is 0.419 e. The van der Waals surface area contributed by atoms with Crippen LogP contribution < -0.4 is 15.5 Å². The van der Waals surface area contributed by atoms with E-state index in [4.69, 9.17) is 10.6 Å². The third-order valence-electron chi connectivity index (χ3n) is 5.21. The Kier molecular flexibility index (Phi) is 7.12. The SMILES string of the molecule is NN=NC=Nc1ccc(OCc2cnn(C3CCN(c4ncc(C(F)(F)F)cn4)CC3)n2)c(F)c1. The molecule has 0 bridgehead atoms. The summed E-state index contributed by atoms with van der Waals surface area (Å²) in [6, 6.07) is 4.16. The lowest BCUT2D eigenvalue weighted by molar-refractivity contribution is -0.138. The third-order valence-corrected chi connectivity index (χ3v) is 5.21. The highest BCUT2D eigenvalue weighted by Crippen LogP contribution is 2.29. The number of ether oxygens (including phenoxy) is 1. The number of hydrogen-bond donors (Lipinski definition) is 1. The molecule has 0 saturated carbocycles. The van der Waals surface area contributed by atoms with Gasteiger partial charge in [-0.05, 0) is 25.0 Å². The van der Waals surface area contributed by atoms with Crippen molar-refractivity contribution in [2.45, 2.75) is 31.7 Å². The number of halogens is 4. The topological polar surface area (TPSA) is 132 Å². The summed E-state index contributed by atoms with van der Waals surface area (Å²) in [5.74, 6) is 4.54. The molecule has 2 aromatic heterocycles. The van der Waals surface area contributed by atoms with Gasteiger partial charge in [0.2, 0.25) is 5.95 Å². The summed E-state index contributed by atoms with van der Waals surface area (Å²) in [6.45, 7) is 1.09. The van der Waals surface area contributed by atoms with Crippen molar-refractivity contribution in [3.8, 4) is 5.75 Å². The predicted octanol–water partition coefficient (Wildman–Crippen LogP) is 3.63. The van der Waals surface area contributed by atoms with Crippen LogP contribution in [0.2, 0.25) is 0 Å². The number of aliphatic imine (C=N–C) groups is 1. The Morgan fingerprint density at radius 3 is 2.54 bits per heavy atom. The summed E-state index contributed by atoms with van der Waals surface area (Å²) in [4.78, 5) is 14.9. The van der Waals surface area contributed by atoms with E-state index in [9.17, 15) is 17.6 Å². The Balaban J connectivity index is 1.29. The first-order chi connectivity index (χ1) is 16.8. The highest BCUT2D eigenvalue weighted by atomic mass is 19.4. The maximum atomic E-state index is 14.2. The second kappa shape index (κ2) is 10.4. The van der Waals surface area contributed by atoms with Gasteiger partial charge in [0.1, 0.15) is 18.6 Å². The number of nitrogens with two attached hydrogens (primary N) is 1. The van der Waals surface area contributed by atoms with Crippen LogP contribution in [-0.2, 0) is 12.8 Å². The van der Waals surface area contributed by atoms with Crippen LogP contribution in [-0.4, -0.2) is 44.4 Å². The van der Waals surface area contributed by atoms with Gasteiger partial charge in [-0.15, -0.1) is 5.11 Å². The number of benzene rings is 1. The molecular weight excluding hydrogens is 472 g/mol. The van der Waals surface area contributed by atoms with E-state index in [1.807, 2.05) is 4.90 Å². The molecule has 3 aromatic rings. The molecule has 4 rings (SSSR count). The highest BCUT2D eigenvalue weighted by Gasteiger charge is 2.32. The Bertz CT molecular complexity index is 1190. The first-order valence-corrected chi connectivity index (χ1v) is 10.4. The van der Waals surface area contributed by atoms with Crippen LogP contribution >= 0.6 is 0 Å². The number of anilines is 1. The summed E-state index contributed by atoms with van der Waals surface area (Å²) in [6.07, 6.45) is 1.04. The van der Waals surface area contributed by atoms with E-state index < -0.39 is 17.6 Å². The van der Waals surface area contributed by atoms with Gasteiger partial charge in [0, 0.05) is 31.5 Å². The molecule has 1 saturated heterocycles. The first-order valence-electron chi connectivity index (χ1n) is 10.4. The second-order valence-electron chi connectivity index (χ2n) is 7.52. The highest BCUT2D eigenvalue weighted by molar-refractivity contribution is 5.61. The number of alkyl halides is 3. The molecular formula is C20H20F4N10O. The van der Waals surface area contributed by atoms with E-state index in [1.54, 1.807) is 17.1 Å². The van der Waals surface area contributed by atoms with E-state index in [0.29, 0.717) is 37.3 Å². The molecule has 2 N–H and O–H groups in total. The number of nitrogens with zero attached hydrogens (tertiary/aromatic N) is 9. The van der Waals surface area contributed by atoms with Crippen molar-refractivity contribution >= 4 is 18.0 Å². The van der Waals surface area contributed by atoms with Crippen molar-refractivity contribution in [3.63, 3.8) is 0 Å². The van der Waals surface area contributed by atoms with Crippen LogP contribution in [0.1, 0.15) is 30.1 Å². The molecule has 0 spiro atoms. The normalized spacial score (nSPS) is 15.4. The fourth-order valence-electron chi connectivity index (χ4n) is 3.44. The molecule has 0 radical (unpaired) electrons. The fourth-order valence-corrected chi connectivity index (χ4v) is 3.44. The van der Waals surface area contributed by atoms with Crippen molar-refractivity contribution in [1.29, 1.82) is 0 Å². The minimum absolute atomic E-state index is 0.00556. The van der Waals surface area contributed by atoms with Gasteiger partial charge >= 0.3 is 6.18 Å². The van der Waals surface area contributed by atoms with Crippen LogP contribution in [0, 0.1) is 5.82 Å². The van der Waals surface area contributed by atoms with E-state index in [0.717, 1.165) is 18.7 Å². The van der Waals surface area contributed by atoms with Gasteiger partial charge in [-0.2, -0.15) is 28.2 Å². The Hall–Kier alpha value is -4.17. The molecule has 0 atom stereocenters. The van der Waals surface area contributed by atoms with Gasteiger partial charge in [0.25, 0.3) is 0 Å². The van der Waals surface area contributed by atoms with E-state index in [-0.39, 0.29) is 24.3 Å². The largest absolute Gasteiger partial charge is 0.484 e. The molecule has 3 heterocycles. The van der Waals surface area contributed by atoms with E-state index in [2.05, 4.69) is 35.5 Å². The lowest BCUT2D eigenvalue weighted by atomic mass is 10.1. The number of piperidine rings is 1. The zero-order chi connectivity index (χ0) is 24.8. The van der Waals surface area contributed by atoms with E-state index >= 15 is 0 Å². The zero-order valence-electron chi connectivity index (χ0n) is 18.2. The lowest BCUT2D eigenvalue weighted by Crippen LogP contribution is -2.36. The number of aromatic nitrogens is 5. The lowest BCUT2D eigenvalue weighted by Gasteiger charge is -2.31. The van der Waals surface area contributed by atoms with Gasteiger partial charge in [-0.1, -0.05) is 5.22 Å². The fraction of sp³-hybridized carbons (Fsp3) is 0.350. The number of rotatable bonds is 7. The van der Waals surface area contributed by atoms with Crippen LogP contribution in [0.25, 0.3) is 0 Å². The Morgan fingerprint density at radius 1 is 1.14 bits per heavy atom. The van der Waals surface area contributed by atoms with Crippen molar-refractivity contribution < 1.29 is 22.3 Å². The van der Waals surface area contributed by atoms with Gasteiger partial charge in [-0.3, -0.25) is 0 Å². The molecule has 0 aliphatic carbocycles. The molecule has 1 aromatic carbocycles. The summed E-state index contributed by atoms with van der Waals surface area (Å²) >= 11 is 0. The van der Waals surface area contributed by atoms with Gasteiger partial charge in [0.05, 0.1) is 23.5 Å². The zero-order valence-corrected chi connectivity index (χ0v) is 18.2. The van der Waals surface area contributed by atoms with Crippen molar-refractivity contribution in [2.24, 2.45) is 21.2 Å². The summed E-state index contributed by atoms with van der Waals surface area (Å²) < 4.78 is 57.8. The quantitative estimate of drug-likeness (QED) is 0.133. The Labute approximate surface area is 196 Å². The molecule has 1 aliphatic heterocycles. The van der Waals surface area contributed by atoms with Crippen LogP contribution in [0.4, 0.5) is 29.2 Å². The molecule has 184 valence electrons. The first kappa shape index (κ1) is 24.0. The second-order valence-corrected chi connectivity index (χ2v) is 7.52. The average Bonchev–Trinajstić information content (AvgIpc) is 3.32. The monoisotopic (exact) mass is 492 g/mol. The van der Waals surface area contributed by atoms with Crippen LogP contribution in [0.15, 0.2) is 52.1 Å². The molecule has 1 fully saturated rings. The van der Waals surface area contributed by atoms with Crippen LogP contribution in [0.5, 0.6) is 5.75 Å². The standard InChI is InChI=1S/C20H20F4N10O/c21-17-7-14(28-12-29-32-25)1-2-18(17)35-11-15-10-30-34(31-15)16-3-5-33(6-4-16)19-26-8-13(9-27-19)20(22,23)24/h1-2,7-10,12,16H,3-6,11H2,(H2,25,28,29). The van der Waals surface area contributed by atoms with Crippen molar-refractivity contribution in [2.75, 3.05) is 18.0 Å². The third kappa shape index (κ3) is 6.04. The minimum Gasteiger partial charge on any atom is -0.484 e. The summed E-state index contributed by atoms with van der Waals surface area (Å²) in [5, 5.41) is 15.1. The van der Waals surface area contributed by atoms with Crippen LogP contribution in [0.3, 0.4) is 0 Å². The van der Waals surface area contributed by atoms with Gasteiger partial charge in [0.15, 0.2) is 11.6 Å². The Morgan fingerprint density at radius 2 is 1.89 bits per heavy atom. The van der Waals surface area contributed by atoms with E-state index in [1.165, 1.54) is 12.1 Å². The molecule has 0 amide bonds. The molecule has 35 heavy (non-hydrogen) atoms. The molecule has 11 nitrogen and oxygen atoms in total.